The second-order valence-corrected chi connectivity index (χ2v) is 3.56. The summed E-state index contributed by atoms with van der Waals surface area (Å²) in [7, 11) is 1.30. The maximum atomic E-state index is 11.5. The molecule has 1 aromatic carbocycles. The lowest BCUT2D eigenvalue weighted by atomic mass is 10.3. The summed E-state index contributed by atoms with van der Waals surface area (Å²) in [5.41, 5.74) is 6.93. The molecule has 0 atom stereocenters. The lowest BCUT2D eigenvalue weighted by molar-refractivity contribution is 0.0596. The topological polar surface area (TPSA) is 70.1 Å². The molecule has 0 bridgehead atoms. The van der Waals surface area contributed by atoms with E-state index in [0.717, 1.165) is 5.69 Å². The second kappa shape index (κ2) is 4.29. The van der Waals surface area contributed by atoms with Crippen LogP contribution in [-0.4, -0.2) is 22.6 Å². The summed E-state index contributed by atoms with van der Waals surface area (Å²) in [6.45, 7) is 1.79. The number of imidazole rings is 1. The number of ether oxygens (including phenoxy) is 1. The SMILES string of the molecule is COC(=O)c1nc(C)n(-c2ccccc2)c1N. The van der Waals surface area contributed by atoms with E-state index < -0.39 is 5.97 Å². The van der Waals surface area contributed by atoms with E-state index in [1.54, 1.807) is 11.5 Å². The zero-order valence-electron chi connectivity index (χ0n) is 9.68. The molecule has 0 amide bonds. The number of carbonyl (C=O) groups is 1. The van der Waals surface area contributed by atoms with E-state index >= 15 is 0 Å². The van der Waals surface area contributed by atoms with E-state index in [1.807, 2.05) is 30.3 Å². The number of nitrogens with zero attached hydrogens (tertiary/aromatic N) is 2. The van der Waals surface area contributed by atoms with Crippen molar-refractivity contribution in [3.8, 4) is 5.69 Å². The third-order valence-corrected chi connectivity index (χ3v) is 2.47. The Morgan fingerprint density at radius 1 is 1.35 bits per heavy atom. The summed E-state index contributed by atoms with van der Waals surface area (Å²) in [4.78, 5) is 15.6. The Kier molecular flexibility index (Phi) is 2.82. The molecule has 17 heavy (non-hydrogen) atoms. The van der Waals surface area contributed by atoms with Crippen molar-refractivity contribution in [1.82, 2.24) is 9.55 Å². The van der Waals surface area contributed by atoms with Gasteiger partial charge >= 0.3 is 5.97 Å². The molecule has 2 N–H and O–H groups in total. The van der Waals surface area contributed by atoms with Crippen molar-refractivity contribution in [2.45, 2.75) is 6.92 Å². The summed E-state index contributed by atoms with van der Waals surface area (Å²) in [6.07, 6.45) is 0. The standard InChI is InChI=1S/C12H13N3O2/c1-8-14-10(12(16)17-2)11(13)15(8)9-6-4-3-5-7-9/h3-7H,13H2,1-2H3. The molecule has 2 rings (SSSR count). The fraction of sp³-hybridized carbons (Fsp3) is 0.167. The number of nitrogen functional groups attached to an aromatic ring is 1. The van der Waals surface area contributed by atoms with E-state index in [1.165, 1.54) is 7.11 Å². The molecule has 0 unspecified atom stereocenters. The molecule has 0 aliphatic heterocycles. The van der Waals surface area contributed by atoms with Crippen molar-refractivity contribution in [2.24, 2.45) is 0 Å². The Morgan fingerprint density at radius 2 is 2.00 bits per heavy atom. The number of nitrogens with two attached hydrogens (primary N) is 1. The number of benzene rings is 1. The van der Waals surface area contributed by atoms with Crippen LogP contribution in [0.3, 0.4) is 0 Å². The molecular formula is C12H13N3O2. The van der Waals surface area contributed by atoms with Gasteiger partial charge in [-0.3, -0.25) is 4.57 Å². The number of para-hydroxylation sites is 1. The largest absolute Gasteiger partial charge is 0.464 e. The molecule has 2 aromatic rings. The van der Waals surface area contributed by atoms with Gasteiger partial charge in [0.05, 0.1) is 7.11 Å². The minimum atomic E-state index is -0.528. The van der Waals surface area contributed by atoms with Gasteiger partial charge in [-0.1, -0.05) is 18.2 Å². The molecule has 0 fully saturated rings. The summed E-state index contributed by atoms with van der Waals surface area (Å²) >= 11 is 0. The molecule has 0 saturated heterocycles. The predicted octanol–water partition coefficient (Wildman–Crippen LogP) is 1.55. The molecule has 88 valence electrons. The molecule has 1 heterocycles. The second-order valence-electron chi connectivity index (χ2n) is 3.56. The van der Waals surface area contributed by atoms with Gasteiger partial charge in [-0.15, -0.1) is 0 Å². The van der Waals surface area contributed by atoms with Gasteiger partial charge in [0.1, 0.15) is 11.6 Å². The van der Waals surface area contributed by atoms with Crippen LogP contribution in [0.2, 0.25) is 0 Å². The number of rotatable bonds is 2. The highest BCUT2D eigenvalue weighted by Gasteiger charge is 2.19. The molecule has 0 aliphatic rings. The van der Waals surface area contributed by atoms with E-state index in [9.17, 15) is 4.79 Å². The van der Waals surface area contributed by atoms with E-state index in [2.05, 4.69) is 9.72 Å². The van der Waals surface area contributed by atoms with Crippen LogP contribution in [-0.2, 0) is 4.74 Å². The van der Waals surface area contributed by atoms with Gasteiger partial charge in [-0.2, -0.15) is 0 Å². The van der Waals surface area contributed by atoms with Crippen LogP contribution < -0.4 is 5.73 Å². The number of carbonyl (C=O) groups excluding carboxylic acids is 1. The Morgan fingerprint density at radius 3 is 2.59 bits per heavy atom. The van der Waals surface area contributed by atoms with Crippen LogP contribution >= 0.6 is 0 Å². The van der Waals surface area contributed by atoms with Crippen LogP contribution in [0.5, 0.6) is 0 Å². The van der Waals surface area contributed by atoms with Gasteiger partial charge in [-0.05, 0) is 19.1 Å². The lowest BCUT2D eigenvalue weighted by Gasteiger charge is -2.06. The monoisotopic (exact) mass is 231 g/mol. The minimum absolute atomic E-state index is 0.147. The normalized spacial score (nSPS) is 10.2. The van der Waals surface area contributed by atoms with Crippen molar-refractivity contribution in [1.29, 1.82) is 0 Å². The third kappa shape index (κ3) is 1.87. The smallest absolute Gasteiger partial charge is 0.360 e. The van der Waals surface area contributed by atoms with E-state index in [4.69, 9.17) is 5.73 Å². The predicted molar refractivity (Wildman–Crippen MR) is 64.1 cm³/mol. The van der Waals surface area contributed by atoms with E-state index in [0.29, 0.717) is 11.6 Å². The van der Waals surface area contributed by atoms with Crippen molar-refractivity contribution in [3.05, 3.63) is 41.9 Å². The van der Waals surface area contributed by atoms with Gasteiger partial charge in [0.25, 0.3) is 0 Å². The first-order valence-corrected chi connectivity index (χ1v) is 5.13. The minimum Gasteiger partial charge on any atom is -0.464 e. The molecule has 0 radical (unpaired) electrons. The lowest BCUT2D eigenvalue weighted by Crippen LogP contribution is -2.07. The van der Waals surface area contributed by atoms with Crippen molar-refractivity contribution >= 4 is 11.8 Å². The Labute approximate surface area is 98.8 Å². The number of anilines is 1. The molecular weight excluding hydrogens is 218 g/mol. The molecule has 5 nitrogen and oxygen atoms in total. The van der Waals surface area contributed by atoms with Crippen molar-refractivity contribution < 1.29 is 9.53 Å². The molecule has 0 spiro atoms. The Hall–Kier alpha value is -2.30. The average molecular weight is 231 g/mol. The van der Waals surface area contributed by atoms with Gasteiger partial charge in [-0.25, -0.2) is 9.78 Å². The van der Waals surface area contributed by atoms with Crippen LogP contribution in [0.1, 0.15) is 16.3 Å². The first-order chi connectivity index (χ1) is 8.15. The number of aromatic nitrogens is 2. The number of aryl methyl sites for hydroxylation is 1. The fourth-order valence-electron chi connectivity index (χ4n) is 1.70. The van der Waals surface area contributed by atoms with Gasteiger partial charge in [0.2, 0.25) is 0 Å². The van der Waals surface area contributed by atoms with Crippen LogP contribution in [0.4, 0.5) is 5.82 Å². The highest BCUT2D eigenvalue weighted by molar-refractivity contribution is 5.92. The highest BCUT2D eigenvalue weighted by atomic mass is 16.5. The van der Waals surface area contributed by atoms with Crippen molar-refractivity contribution in [3.63, 3.8) is 0 Å². The van der Waals surface area contributed by atoms with Crippen LogP contribution in [0.25, 0.3) is 5.69 Å². The zero-order chi connectivity index (χ0) is 12.4. The first kappa shape index (κ1) is 11.2. The summed E-state index contributed by atoms with van der Waals surface area (Å²) in [5, 5.41) is 0. The molecule has 5 heteroatoms. The van der Waals surface area contributed by atoms with Gasteiger partial charge < -0.3 is 10.5 Å². The third-order valence-electron chi connectivity index (χ3n) is 2.47. The summed E-state index contributed by atoms with van der Waals surface area (Å²) < 4.78 is 6.34. The summed E-state index contributed by atoms with van der Waals surface area (Å²) in [6, 6.07) is 9.49. The maximum absolute atomic E-state index is 11.5. The molecule has 1 aromatic heterocycles. The van der Waals surface area contributed by atoms with Gasteiger partial charge in [0.15, 0.2) is 5.69 Å². The Bertz CT molecular complexity index is 546. The number of hydrogen-bond donors (Lipinski definition) is 1. The average Bonchev–Trinajstić information content (AvgIpc) is 2.65. The summed E-state index contributed by atoms with van der Waals surface area (Å²) in [5.74, 6) is 0.412. The number of esters is 1. The number of methoxy groups -OCH3 is 1. The van der Waals surface area contributed by atoms with Crippen molar-refractivity contribution in [2.75, 3.05) is 12.8 Å². The Balaban J connectivity index is 2.57. The molecule has 0 saturated carbocycles. The van der Waals surface area contributed by atoms with Gasteiger partial charge in [0, 0.05) is 5.69 Å². The zero-order valence-corrected chi connectivity index (χ0v) is 9.68. The molecule has 0 aliphatic carbocycles. The highest BCUT2D eigenvalue weighted by Crippen LogP contribution is 2.20. The van der Waals surface area contributed by atoms with E-state index in [-0.39, 0.29) is 5.69 Å². The van der Waals surface area contributed by atoms with Crippen LogP contribution in [0, 0.1) is 6.92 Å². The maximum Gasteiger partial charge on any atom is 0.360 e. The fourth-order valence-corrected chi connectivity index (χ4v) is 1.70. The quantitative estimate of drug-likeness (QED) is 0.796. The number of hydrogen-bond acceptors (Lipinski definition) is 4. The first-order valence-electron chi connectivity index (χ1n) is 5.13. The van der Waals surface area contributed by atoms with Crippen LogP contribution in [0.15, 0.2) is 30.3 Å².